The number of amides is 2. The lowest BCUT2D eigenvalue weighted by Gasteiger charge is -2.19. The van der Waals surface area contributed by atoms with E-state index in [0.717, 1.165) is 11.3 Å². The van der Waals surface area contributed by atoms with E-state index >= 15 is 0 Å². The molecule has 0 heterocycles. The number of anilines is 1. The Morgan fingerprint density at radius 3 is 2.60 bits per heavy atom. The molecular formula is C19H21ClN2O2S. The highest BCUT2D eigenvalue weighted by Gasteiger charge is 2.22. The van der Waals surface area contributed by atoms with Crippen molar-refractivity contribution in [3.63, 3.8) is 0 Å². The predicted molar refractivity (Wildman–Crippen MR) is 106 cm³/mol. The first-order valence-corrected chi connectivity index (χ1v) is 9.70. The molecule has 0 aliphatic carbocycles. The van der Waals surface area contributed by atoms with Crippen LogP contribution in [0.4, 0.5) is 5.69 Å². The van der Waals surface area contributed by atoms with Crippen molar-refractivity contribution in [3.05, 3.63) is 64.7 Å². The van der Waals surface area contributed by atoms with Gasteiger partial charge in [-0.1, -0.05) is 35.9 Å². The number of nitrogens with one attached hydrogen (secondary N) is 2. The zero-order chi connectivity index (χ0) is 18.2. The average molecular weight is 377 g/mol. The molecule has 25 heavy (non-hydrogen) atoms. The number of rotatable bonds is 7. The minimum Gasteiger partial charge on any atom is -0.340 e. The molecule has 0 fully saturated rings. The average Bonchev–Trinajstić information content (AvgIpc) is 2.58. The summed E-state index contributed by atoms with van der Waals surface area (Å²) in [5, 5.41) is 6.03. The quantitative estimate of drug-likeness (QED) is 0.763. The van der Waals surface area contributed by atoms with Gasteiger partial charge in [0.25, 0.3) is 5.91 Å². The van der Waals surface area contributed by atoms with Gasteiger partial charge < -0.3 is 10.6 Å². The van der Waals surface area contributed by atoms with Gasteiger partial charge in [0.05, 0.1) is 10.6 Å². The van der Waals surface area contributed by atoms with Crippen LogP contribution in [0.1, 0.15) is 22.3 Å². The van der Waals surface area contributed by atoms with Gasteiger partial charge in [-0.05, 0) is 55.2 Å². The molecule has 6 heteroatoms. The molecule has 0 saturated heterocycles. The summed E-state index contributed by atoms with van der Waals surface area (Å²) in [6, 6.07) is 13.7. The smallest absolute Gasteiger partial charge is 0.253 e. The predicted octanol–water partition coefficient (Wildman–Crippen LogP) is 4.14. The van der Waals surface area contributed by atoms with Crippen LogP contribution in [0.2, 0.25) is 5.02 Å². The second-order valence-corrected chi connectivity index (χ2v) is 7.04. The van der Waals surface area contributed by atoms with Crippen LogP contribution in [-0.2, 0) is 4.79 Å². The fourth-order valence-electron chi connectivity index (χ4n) is 2.34. The van der Waals surface area contributed by atoms with Crippen LogP contribution in [0.25, 0.3) is 0 Å². The highest BCUT2D eigenvalue weighted by molar-refractivity contribution is 7.98. The third-order valence-electron chi connectivity index (χ3n) is 3.64. The Hall–Kier alpha value is -1.98. The van der Waals surface area contributed by atoms with Gasteiger partial charge in [-0.2, -0.15) is 11.8 Å². The zero-order valence-corrected chi connectivity index (χ0v) is 15.8. The monoisotopic (exact) mass is 376 g/mol. The molecule has 2 amide bonds. The highest BCUT2D eigenvalue weighted by Crippen LogP contribution is 2.16. The summed E-state index contributed by atoms with van der Waals surface area (Å²) in [5.41, 5.74) is 2.13. The van der Waals surface area contributed by atoms with Gasteiger partial charge in [-0.15, -0.1) is 0 Å². The van der Waals surface area contributed by atoms with Gasteiger partial charge in [0.2, 0.25) is 5.91 Å². The topological polar surface area (TPSA) is 58.2 Å². The van der Waals surface area contributed by atoms with Gasteiger partial charge in [-0.3, -0.25) is 9.59 Å². The SMILES string of the molecule is CSCC[C@@H](NC(=O)c1ccccc1Cl)C(=O)Nc1cccc(C)c1. The lowest BCUT2D eigenvalue weighted by Crippen LogP contribution is -2.44. The first-order chi connectivity index (χ1) is 12.0. The maximum atomic E-state index is 12.6. The molecule has 1 atom stereocenters. The van der Waals surface area contributed by atoms with Crippen molar-refractivity contribution in [1.29, 1.82) is 0 Å². The lowest BCUT2D eigenvalue weighted by atomic mass is 10.1. The Morgan fingerprint density at radius 2 is 1.92 bits per heavy atom. The summed E-state index contributed by atoms with van der Waals surface area (Å²) in [7, 11) is 0. The molecule has 0 saturated carbocycles. The van der Waals surface area contributed by atoms with E-state index in [-0.39, 0.29) is 11.8 Å². The summed E-state index contributed by atoms with van der Waals surface area (Å²) in [4.78, 5) is 25.1. The van der Waals surface area contributed by atoms with Crippen molar-refractivity contribution in [1.82, 2.24) is 5.32 Å². The molecule has 0 radical (unpaired) electrons. The summed E-state index contributed by atoms with van der Waals surface area (Å²) in [6.07, 6.45) is 2.50. The Morgan fingerprint density at radius 1 is 1.16 bits per heavy atom. The number of thioether (sulfide) groups is 1. The number of aryl methyl sites for hydroxylation is 1. The number of halogens is 1. The number of hydrogen-bond acceptors (Lipinski definition) is 3. The lowest BCUT2D eigenvalue weighted by molar-refractivity contribution is -0.118. The van der Waals surface area contributed by atoms with E-state index in [4.69, 9.17) is 11.6 Å². The van der Waals surface area contributed by atoms with Crippen molar-refractivity contribution < 1.29 is 9.59 Å². The van der Waals surface area contributed by atoms with Crippen LogP contribution < -0.4 is 10.6 Å². The van der Waals surface area contributed by atoms with Gasteiger partial charge >= 0.3 is 0 Å². The second-order valence-electron chi connectivity index (χ2n) is 5.65. The summed E-state index contributed by atoms with van der Waals surface area (Å²) in [6.45, 7) is 1.96. The van der Waals surface area contributed by atoms with Crippen molar-refractivity contribution in [2.45, 2.75) is 19.4 Å². The van der Waals surface area contributed by atoms with Gasteiger partial charge in [0.1, 0.15) is 6.04 Å². The Balaban J connectivity index is 2.10. The normalized spacial score (nSPS) is 11.6. The van der Waals surface area contributed by atoms with E-state index in [1.165, 1.54) is 0 Å². The molecular weight excluding hydrogens is 356 g/mol. The van der Waals surface area contributed by atoms with Crippen LogP contribution >= 0.6 is 23.4 Å². The van der Waals surface area contributed by atoms with Gasteiger partial charge in [0, 0.05) is 5.69 Å². The minimum absolute atomic E-state index is 0.236. The van der Waals surface area contributed by atoms with E-state index in [1.807, 2.05) is 37.4 Å². The molecule has 2 N–H and O–H groups in total. The Bertz CT molecular complexity index is 752. The van der Waals surface area contributed by atoms with E-state index in [1.54, 1.807) is 36.0 Å². The molecule has 4 nitrogen and oxygen atoms in total. The van der Waals surface area contributed by atoms with E-state index in [9.17, 15) is 9.59 Å². The van der Waals surface area contributed by atoms with E-state index in [0.29, 0.717) is 22.7 Å². The summed E-state index contributed by atoms with van der Waals surface area (Å²) < 4.78 is 0. The molecule has 2 rings (SSSR count). The number of benzene rings is 2. The Labute approximate surface area is 157 Å². The minimum atomic E-state index is -0.628. The summed E-state index contributed by atoms with van der Waals surface area (Å²) in [5.74, 6) is 0.172. The molecule has 2 aromatic rings. The number of carbonyl (C=O) groups excluding carboxylic acids is 2. The van der Waals surface area contributed by atoms with Crippen molar-refractivity contribution in [3.8, 4) is 0 Å². The van der Waals surface area contributed by atoms with Gasteiger partial charge in [-0.25, -0.2) is 0 Å². The maximum Gasteiger partial charge on any atom is 0.253 e. The van der Waals surface area contributed by atoms with Crippen LogP contribution in [0.15, 0.2) is 48.5 Å². The first-order valence-electron chi connectivity index (χ1n) is 7.93. The molecule has 0 spiro atoms. The van der Waals surface area contributed by atoms with Crippen LogP contribution in [0, 0.1) is 6.92 Å². The van der Waals surface area contributed by atoms with E-state index < -0.39 is 6.04 Å². The third kappa shape index (κ3) is 5.80. The molecule has 0 bridgehead atoms. The number of carbonyl (C=O) groups is 2. The second kappa shape index (κ2) is 9.49. The number of hydrogen-bond donors (Lipinski definition) is 2. The molecule has 0 aromatic heterocycles. The van der Waals surface area contributed by atoms with Gasteiger partial charge in [0.15, 0.2) is 0 Å². The highest BCUT2D eigenvalue weighted by atomic mass is 35.5. The molecule has 0 aliphatic heterocycles. The standard InChI is InChI=1S/C19H21ClN2O2S/c1-13-6-5-7-14(12-13)21-19(24)17(10-11-25-2)22-18(23)15-8-3-4-9-16(15)20/h3-9,12,17H,10-11H2,1-2H3,(H,21,24)(H,22,23)/t17-/m1/s1. The van der Waals surface area contributed by atoms with Crippen molar-refractivity contribution in [2.75, 3.05) is 17.3 Å². The molecule has 132 valence electrons. The van der Waals surface area contributed by atoms with Crippen LogP contribution in [0.5, 0.6) is 0 Å². The molecule has 0 unspecified atom stereocenters. The van der Waals surface area contributed by atoms with Crippen LogP contribution in [0.3, 0.4) is 0 Å². The van der Waals surface area contributed by atoms with Crippen molar-refractivity contribution in [2.24, 2.45) is 0 Å². The fourth-order valence-corrected chi connectivity index (χ4v) is 3.03. The zero-order valence-electron chi connectivity index (χ0n) is 14.2. The van der Waals surface area contributed by atoms with Crippen LogP contribution in [-0.4, -0.2) is 29.9 Å². The Kier molecular flexibility index (Phi) is 7.34. The molecule has 0 aliphatic rings. The molecule has 2 aromatic carbocycles. The maximum absolute atomic E-state index is 12.6. The largest absolute Gasteiger partial charge is 0.340 e. The summed E-state index contributed by atoms with van der Waals surface area (Å²) >= 11 is 7.69. The van der Waals surface area contributed by atoms with Crippen molar-refractivity contribution >= 4 is 40.9 Å². The van der Waals surface area contributed by atoms with E-state index in [2.05, 4.69) is 10.6 Å². The first kappa shape index (κ1) is 19.3. The fraction of sp³-hybridized carbons (Fsp3) is 0.263. The third-order valence-corrected chi connectivity index (χ3v) is 4.61.